The summed E-state index contributed by atoms with van der Waals surface area (Å²) in [4.78, 5) is 11.7. The van der Waals surface area contributed by atoms with Crippen molar-refractivity contribution in [2.45, 2.75) is 0 Å². The van der Waals surface area contributed by atoms with Gasteiger partial charge in [0.2, 0.25) is 5.91 Å². The molecule has 0 unspecified atom stereocenters. The number of anilines is 1. The van der Waals surface area contributed by atoms with Crippen molar-refractivity contribution < 1.29 is 9.18 Å². The molecule has 0 saturated heterocycles. The van der Waals surface area contributed by atoms with Gasteiger partial charge in [0, 0.05) is 10.5 Å². The van der Waals surface area contributed by atoms with Crippen molar-refractivity contribution in [2.24, 2.45) is 0 Å². The largest absolute Gasteiger partial charge is 0.321 e. The number of carbonyl (C=O) groups excluding carboxylic acids is 1. The Morgan fingerprint density at radius 3 is 2.63 bits per heavy atom. The van der Waals surface area contributed by atoms with Crippen molar-refractivity contribution in [2.75, 3.05) is 5.32 Å². The molecule has 0 aromatic heterocycles. The third-order valence-corrected chi connectivity index (χ3v) is 3.10. The Kier molecular flexibility index (Phi) is 4.47. The molecule has 4 heteroatoms. The van der Waals surface area contributed by atoms with Gasteiger partial charge in [-0.25, -0.2) is 4.39 Å². The highest BCUT2D eigenvalue weighted by Crippen LogP contribution is 2.22. The van der Waals surface area contributed by atoms with E-state index in [-0.39, 0.29) is 5.91 Å². The van der Waals surface area contributed by atoms with Crippen LogP contribution in [0.4, 0.5) is 10.1 Å². The number of carbonyl (C=O) groups is 1. The standard InChI is InChI=1S/C15H11BrFNO/c16-13-8-7-12(17)10-14(13)18-15(19)9-6-11-4-2-1-3-5-11/h1-10H,(H,18,19)/b9-6+. The van der Waals surface area contributed by atoms with Gasteiger partial charge in [-0.2, -0.15) is 0 Å². The topological polar surface area (TPSA) is 29.1 Å². The molecule has 0 radical (unpaired) electrons. The number of nitrogens with one attached hydrogen (secondary N) is 1. The molecule has 0 bridgehead atoms. The molecule has 0 aliphatic rings. The molecule has 2 nitrogen and oxygen atoms in total. The Morgan fingerprint density at radius 2 is 1.89 bits per heavy atom. The van der Waals surface area contributed by atoms with Crippen LogP contribution in [0.1, 0.15) is 5.56 Å². The molecule has 1 amide bonds. The van der Waals surface area contributed by atoms with Crippen LogP contribution in [0.3, 0.4) is 0 Å². The number of amides is 1. The molecule has 1 N–H and O–H groups in total. The molecule has 0 atom stereocenters. The van der Waals surface area contributed by atoms with Crippen molar-refractivity contribution in [3.63, 3.8) is 0 Å². The average molecular weight is 320 g/mol. The summed E-state index contributed by atoms with van der Waals surface area (Å²) >= 11 is 3.25. The van der Waals surface area contributed by atoms with Gasteiger partial charge < -0.3 is 5.32 Å². The number of halogens is 2. The predicted octanol–water partition coefficient (Wildman–Crippen LogP) is 4.24. The van der Waals surface area contributed by atoms with Gasteiger partial charge in [0.15, 0.2) is 0 Å². The first-order valence-electron chi connectivity index (χ1n) is 5.64. The van der Waals surface area contributed by atoms with E-state index in [9.17, 15) is 9.18 Å². The van der Waals surface area contributed by atoms with E-state index in [1.165, 1.54) is 18.2 Å². The summed E-state index contributed by atoms with van der Waals surface area (Å²) in [5.41, 5.74) is 1.33. The van der Waals surface area contributed by atoms with Gasteiger partial charge in [-0.1, -0.05) is 30.3 Å². The maximum absolute atomic E-state index is 13.1. The zero-order chi connectivity index (χ0) is 13.7. The third-order valence-electron chi connectivity index (χ3n) is 2.41. The molecule has 0 aliphatic heterocycles. The normalized spacial score (nSPS) is 10.6. The number of benzene rings is 2. The van der Waals surface area contributed by atoms with Gasteiger partial charge in [-0.15, -0.1) is 0 Å². The summed E-state index contributed by atoms with van der Waals surface area (Å²) in [5, 5.41) is 2.61. The molecular formula is C15H11BrFNO. The van der Waals surface area contributed by atoms with E-state index in [1.807, 2.05) is 30.3 Å². The first kappa shape index (κ1) is 13.5. The van der Waals surface area contributed by atoms with E-state index in [2.05, 4.69) is 21.2 Å². The minimum atomic E-state index is -0.398. The van der Waals surface area contributed by atoms with Crippen LogP contribution in [0.25, 0.3) is 6.08 Å². The van der Waals surface area contributed by atoms with Crippen LogP contribution in [0.5, 0.6) is 0 Å². The third kappa shape index (κ3) is 4.03. The summed E-state index contributed by atoms with van der Waals surface area (Å²) in [6.07, 6.45) is 3.11. The lowest BCUT2D eigenvalue weighted by molar-refractivity contribution is -0.111. The SMILES string of the molecule is O=C(/C=C/c1ccccc1)Nc1cc(F)ccc1Br. The van der Waals surface area contributed by atoms with E-state index in [0.29, 0.717) is 10.2 Å². The summed E-state index contributed by atoms with van der Waals surface area (Å²) in [5.74, 6) is -0.708. The fourth-order valence-corrected chi connectivity index (χ4v) is 1.85. The zero-order valence-corrected chi connectivity index (χ0v) is 11.5. The molecule has 2 rings (SSSR count). The maximum Gasteiger partial charge on any atom is 0.248 e. The van der Waals surface area contributed by atoms with E-state index >= 15 is 0 Å². The van der Waals surface area contributed by atoms with Crippen LogP contribution in [-0.2, 0) is 4.79 Å². The fraction of sp³-hybridized carbons (Fsp3) is 0. The zero-order valence-electron chi connectivity index (χ0n) is 9.94. The smallest absolute Gasteiger partial charge is 0.248 e. The summed E-state index contributed by atoms with van der Waals surface area (Å²) in [6, 6.07) is 13.6. The first-order chi connectivity index (χ1) is 9.15. The molecule has 0 saturated carbocycles. The van der Waals surface area contributed by atoms with Gasteiger partial charge in [0.1, 0.15) is 5.82 Å². The number of hydrogen-bond donors (Lipinski definition) is 1. The van der Waals surface area contributed by atoms with Crippen molar-refractivity contribution in [1.29, 1.82) is 0 Å². The quantitative estimate of drug-likeness (QED) is 0.842. The number of hydrogen-bond acceptors (Lipinski definition) is 1. The highest BCUT2D eigenvalue weighted by Gasteiger charge is 2.04. The van der Waals surface area contributed by atoms with Crippen molar-refractivity contribution in [1.82, 2.24) is 0 Å². The second-order valence-corrected chi connectivity index (χ2v) is 4.71. The van der Waals surface area contributed by atoms with Crippen molar-refractivity contribution >= 4 is 33.6 Å². The number of rotatable bonds is 3. The van der Waals surface area contributed by atoms with Gasteiger partial charge in [0.05, 0.1) is 5.69 Å². The molecule has 0 aliphatic carbocycles. The Labute approximate surface area is 119 Å². The minimum Gasteiger partial charge on any atom is -0.321 e. The van der Waals surface area contributed by atoms with Gasteiger partial charge in [0.25, 0.3) is 0 Å². The molecule has 0 heterocycles. The first-order valence-corrected chi connectivity index (χ1v) is 6.43. The van der Waals surface area contributed by atoms with E-state index in [0.717, 1.165) is 5.56 Å². The maximum atomic E-state index is 13.1. The summed E-state index contributed by atoms with van der Waals surface area (Å²) in [6.45, 7) is 0. The minimum absolute atomic E-state index is 0.310. The molecule has 2 aromatic carbocycles. The van der Waals surface area contributed by atoms with Crippen LogP contribution in [0.15, 0.2) is 59.1 Å². The summed E-state index contributed by atoms with van der Waals surface area (Å²) < 4.78 is 13.7. The Morgan fingerprint density at radius 1 is 1.16 bits per heavy atom. The van der Waals surface area contributed by atoms with E-state index < -0.39 is 5.82 Å². The van der Waals surface area contributed by atoms with Gasteiger partial charge >= 0.3 is 0 Å². The predicted molar refractivity (Wildman–Crippen MR) is 78.2 cm³/mol. The fourth-order valence-electron chi connectivity index (χ4n) is 1.50. The molecule has 0 fully saturated rings. The average Bonchev–Trinajstić information content (AvgIpc) is 2.42. The van der Waals surface area contributed by atoms with E-state index in [4.69, 9.17) is 0 Å². The highest BCUT2D eigenvalue weighted by atomic mass is 79.9. The van der Waals surface area contributed by atoms with Crippen molar-refractivity contribution in [3.05, 3.63) is 70.5 Å². The van der Waals surface area contributed by atoms with E-state index in [1.54, 1.807) is 12.1 Å². The molecule has 19 heavy (non-hydrogen) atoms. The Bertz CT molecular complexity index is 611. The Balaban J connectivity index is 2.06. The van der Waals surface area contributed by atoms with Crippen LogP contribution < -0.4 is 5.32 Å². The lowest BCUT2D eigenvalue weighted by atomic mass is 10.2. The molecule has 2 aromatic rings. The van der Waals surface area contributed by atoms with Crippen LogP contribution in [-0.4, -0.2) is 5.91 Å². The van der Waals surface area contributed by atoms with Crippen LogP contribution >= 0.6 is 15.9 Å². The molecular weight excluding hydrogens is 309 g/mol. The van der Waals surface area contributed by atoms with Gasteiger partial charge in [-0.3, -0.25) is 4.79 Å². The lowest BCUT2D eigenvalue weighted by Crippen LogP contribution is -2.08. The second kappa shape index (κ2) is 6.29. The molecule has 96 valence electrons. The second-order valence-electron chi connectivity index (χ2n) is 3.86. The van der Waals surface area contributed by atoms with Gasteiger partial charge in [-0.05, 0) is 45.8 Å². The monoisotopic (exact) mass is 319 g/mol. The molecule has 0 spiro atoms. The Hall–Kier alpha value is -1.94. The van der Waals surface area contributed by atoms with Crippen LogP contribution in [0.2, 0.25) is 0 Å². The van der Waals surface area contributed by atoms with Crippen molar-refractivity contribution in [3.8, 4) is 0 Å². The summed E-state index contributed by atoms with van der Waals surface area (Å²) in [7, 11) is 0. The highest BCUT2D eigenvalue weighted by molar-refractivity contribution is 9.10. The lowest BCUT2D eigenvalue weighted by Gasteiger charge is -2.04. The van der Waals surface area contributed by atoms with Crippen LogP contribution in [0, 0.1) is 5.82 Å².